The fourth-order valence-electron chi connectivity index (χ4n) is 4.26. The second-order valence-electron chi connectivity index (χ2n) is 9.79. The Labute approximate surface area is 210 Å². The Hall–Kier alpha value is -3.01. The van der Waals surface area contributed by atoms with Gasteiger partial charge in [0.25, 0.3) is 0 Å². The van der Waals surface area contributed by atoms with Crippen LogP contribution in [-0.2, 0) is 20.7 Å². The first-order valence-electron chi connectivity index (χ1n) is 12.6. The summed E-state index contributed by atoms with van der Waals surface area (Å²) in [6, 6.07) is 9.31. The second kappa shape index (κ2) is 11.4. The number of unbranched alkanes of at least 4 members (excludes halogenated alkanes) is 2. The van der Waals surface area contributed by atoms with Crippen LogP contribution in [0.25, 0.3) is 22.4 Å². The molecule has 0 aliphatic carbocycles. The Balaban J connectivity index is 1.46. The van der Waals surface area contributed by atoms with Crippen LogP contribution >= 0.6 is 0 Å². The highest BCUT2D eigenvalue weighted by Crippen LogP contribution is 2.31. The zero-order chi connectivity index (χ0) is 25.8. The Morgan fingerprint density at radius 2 is 2.03 bits per heavy atom. The highest BCUT2D eigenvalue weighted by atomic mass is 16.6. The molecule has 1 saturated heterocycles. The van der Waals surface area contributed by atoms with E-state index in [2.05, 4.69) is 24.0 Å². The quantitative estimate of drug-likeness (QED) is 0.321. The van der Waals surface area contributed by atoms with Crippen LogP contribution in [0, 0.1) is 5.92 Å². The monoisotopic (exact) mass is 497 g/mol. The van der Waals surface area contributed by atoms with E-state index in [1.165, 1.54) is 29.4 Å². The van der Waals surface area contributed by atoms with Gasteiger partial charge < -0.3 is 24.7 Å². The molecule has 3 N–H and O–H groups in total. The minimum atomic E-state index is -0.906. The van der Waals surface area contributed by atoms with Gasteiger partial charge in [0.15, 0.2) is 0 Å². The first-order chi connectivity index (χ1) is 17.3. The maximum atomic E-state index is 12.7. The number of fused-ring (bicyclic) bond motifs is 1. The maximum Gasteiger partial charge on any atom is 0.353 e. The van der Waals surface area contributed by atoms with Gasteiger partial charge in [0.1, 0.15) is 30.7 Å². The van der Waals surface area contributed by atoms with E-state index >= 15 is 0 Å². The van der Waals surface area contributed by atoms with E-state index in [1.54, 1.807) is 6.20 Å². The lowest BCUT2D eigenvalue weighted by Gasteiger charge is -2.18. The van der Waals surface area contributed by atoms with E-state index in [9.17, 15) is 14.7 Å². The van der Waals surface area contributed by atoms with Crippen molar-refractivity contribution in [1.82, 2.24) is 9.55 Å². The van der Waals surface area contributed by atoms with Crippen LogP contribution in [0.4, 0.5) is 0 Å². The highest BCUT2D eigenvalue weighted by Gasteiger charge is 2.37. The molecule has 9 heteroatoms. The van der Waals surface area contributed by atoms with Gasteiger partial charge in [0, 0.05) is 18.2 Å². The molecule has 4 rings (SSSR count). The number of hydrogen-bond donors (Lipinski definition) is 2. The van der Waals surface area contributed by atoms with E-state index in [1.807, 2.05) is 32.0 Å². The normalized spacial score (nSPS) is 20.8. The van der Waals surface area contributed by atoms with Gasteiger partial charge in [-0.2, -0.15) is 4.98 Å². The van der Waals surface area contributed by atoms with Gasteiger partial charge in [-0.25, -0.2) is 4.79 Å². The molecule has 0 radical (unpaired) electrons. The number of carbonyl (C=O) groups excluding carboxylic acids is 1. The van der Waals surface area contributed by atoms with Crippen molar-refractivity contribution in [3.8, 4) is 11.3 Å². The van der Waals surface area contributed by atoms with Crippen molar-refractivity contribution < 1.29 is 23.8 Å². The van der Waals surface area contributed by atoms with Crippen molar-refractivity contribution in [2.45, 2.75) is 77.4 Å². The summed E-state index contributed by atoms with van der Waals surface area (Å²) in [6.07, 6.45) is 4.00. The maximum absolute atomic E-state index is 12.7. The number of carbonyl (C=O) groups is 1. The molecule has 0 saturated carbocycles. The van der Waals surface area contributed by atoms with E-state index in [0.717, 1.165) is 12.0 Å². The molecule has 0 spiro atoms. The number of furan rings is 1. The third-order valence-electron chi connectivity index (χ3n) is 6.64. The number of ether oxygens (including phenoxy) is 2. The van der Waals surface area contributed by atoms with Gasteiger partial charge in [-0.15, -0.1) is 0 Å². The molecular formula is C27H35N3O6. The van der Waals surface area contributed by atoms with Gasteiger partial charge in [-0.05, 0) is 30.4 Å². The van der Waals surface area contributed by atoms with Crippen molar-refractivity contribution in [3.05, 3.63) is 52.6 Å². The smallest absolute Gasteiger partial charge is 0.353 e. The van der Waals surface area contributed by atoms with Crippen LogP contribution in [0.15, 0.2) is 45.7 Å². The number of nitrogens with two attached hydrogens (primary N) is 1. The van der Waals surface area contributed by atoms with E-state index in [0.29, 0.717) is 11.1 Å². The van der Waals surface area contributed by atoms with Crippen molar-refractivity contribution in [1.29, 1.82) is 0 Å². The lowest BCUT2D eigenvalue weighted by molar-refractivity contribution is -0.152. The largest absolute Gasteiger partial charge is 0.462 e. The molecular weight excluding hydrogens is 462 g/mol. The van der Waals surface area contributed by atoms with Crippen molar-refractivity contribution >= 4 is 17.1 Å². The number of aryl methyl sites for hydroxylation is 1. The van der Waals surface area contributed by atoms with Crippen LogP contribution in [-0.4, -0.2) is 45.5 Å². The lowest BCUT2D eigenvalue weighted by Crippen LogP contribution is -2.39. The minimum Gasteiger partial charge on any atom is -0.462 e. The number of benzene rings is 1. The Morgan fingerprint density at radius 3 is 2.72 bits per heavy atom. The molecule has 36 heavy (non-hydrogen) atoms. The zero-order valence-corrected chi connectivity index (χ0v) is 21.1. The third kappa shape index (κ3) is 5.86. The summed E-state index contributed by atoms with van der Waals surface area (Å²) in [7, 11) is 0. The molecule has 1 aliphatic heterocycles. The molecule has 4 atom stereocenters. The van der Waals surface area contributed by atoms with Gasteiger partial charge >= 0.3 is 11.7 Å². The van der Waals surface area contributed by atoms with Crippen LogP contribution in [0.1, 0.15) is 58.2 Å². The van der Waals surface area contributed by atoms with E-state index < -0.39 is 36.1 Å². The predicted octanol–water partition coefficient (Wildman–Crippen LogP) is 3.56. The van der Waals surface area contributed by atoms with Gasteiger partial charge in [-0.1, -0.05) is 57.9 Å². The molecule has 1 unspecified atom stereocenters. The van der Waals surface area contributed by atoms with Crippen molar-refractivity contribution in [3.63, 3.8) is 0 Å². The number of aromatic nitrogens is 2. The Morgan fingerprint density at radius 1 is 1.28 bits per heavy atom. The fourth-order valence-corrected chi connectivity index (χ4v) is 4.26. The summed E-state index contributed by atoms with van der Waals surface area (Å²) in [5, 5.41) is 11.1. The molecule has 0 bridgehead atoms. The van der Waals surface area contributed by atoms with Gasteiger partial charge in [-0.3, -0.25) is 9.36 Å². The minimum absolute atomic E-state index is 0.0698. The molecule has 9 nitrogen and oxygen atoms in total. The molecule has 1 fully saturated rings. The first-order valence-corrected chi connectivity index (χ1v) is 12.6. The van der Waals surface area contributed by atoms with Crippen LogP contribution in [0.2, 0.25) is 0 Å². The average molecular weight is 498 g/mol. The number of aliphatic hydroxyl groups excluding tert-OH is 1. The molecule has 194 valence electrons. The fraction of sp³-hybridized carbons (Fsp3) is 0.519. The zero-order valence-electron chi connectivity index (χ0n) is 21.1. The molecule has 0 amide bonds. The summed E-state index contributed by atoms with van der Waals surface area (Å²) in [5.74, 6) is -0.00235. The third-order valence-corrected chi connectivity index (χ3v) is 6.64. The number of nitrogens with zero attached hydrogens (tertiary/aromatic N) is 2. The molecule has 1 aliphatic rings. The Bertz CT molecular complexity index is 1230. The summed E-state index contributed by atoms with van der Waals surface area (Å²) in [6.45, 7) is 5.69. The summed E-state index contributed by atoms with van der Waals surface area (Å²) in [5.41, 5.74) is 7.68. The standard InChI is InChI=1S/C27H35N3O6/c1-4-5-6-7-17-8-10-18(11-9-17)21-12-19-14-30(27(33)29-25(19)36-21)23-13-20(31)22(35-23)15-34-26(32)24(28)16(2)3/h8-12,14,16,20,22-24,31H,4-7,13,15,28H2,1-3H3/t20?,22-,23-,24+/m1/s1. The van der Waals surface area contributed by atoms with E-state index in [4.69, 9.17) is 19.6 Å². The number of rotatable bonds is 10. The summed E-state index contributed by atoms with van der Waals surface area (Å²) < 4.78 is 18.3. The SMILES string of the molecule is CCCCCc1ccc(-c2cc3cn([C@H]4CC(O)[C@@H](COC(=O)[C@@H](N)C(C)C)O4)c(=O)nc3o2)cc1. The number of esters is 1. The summed E-state index contributed by atoms with van der Waals surface area (Å²) in [4.78, 5) is 28.8. The molecule has 1 aromatic carbocycles. The molecule has 3 aromatic rings. The number of hydrogen-bond acceptors (Lipinski definition) is 8. The molecule has 3 heterocycles. The average Bonchev–Trinajstić information content (AvgIpc) is 3.44. The topological polar surface area (TPSA) is 130 Å². The number of aliphatic hydroxyl groups is 1. The van der Waals surface area contributed by atoms with Crippen molar-refractivity contribution in [2.75, 3.05) is 6.61 Å². The highest BCUT2D eigenvalue weighted by molar-refractivity contribution is 5.79. The van der Waals surface area contributed by atoms with Gasteiger partial charge in [0.05, 0.1) is 11.5 Å². The van der Waals surface area contributed by atoms with Crippen LogP contribution < -0.4 is 11.4 Å². The van der Waals surface area contributed by atoms with Gasteiger partial charge in [0.2, 0.25) is 5.71 Å². The summed E-state index contributed by atoms with van der Waals surface area (Å²) >= 11 is 0. The molecule has 2 aromatic heterocycles. The predicted molar refractivity (Wildman–Crippen MR) is 135 cm³/mol. The van der Waals surface area contributed by atoms with Crippen LogP contribution in [0.3, 0.4) is 0 Å². The Kier molecular flexibility index (Phi) is 8.23. The first kappa shape index (κ1) is 26.1. The van der Waals surface area contributed by atoms with E-state index in [-0.39, 0.29) is 24.7 Å². The van der Waals surface area contributed by atoms with Crippen LogP contribution in [0.5, 0.6) is 0 Å². The lowest BCUT2D eigenvalue weighted by atomic mass is 10.0. The second-order valence-corrected chi connectivity index (χ2v) is 9.79. The van der Waals surface area contributed by atoms with Crippen molar-refractivity contribution in [2.24, 2.45) is 11.7 Å².